The van der Waals surface area contributed by atoms with Crippen molar-refractivity contribution < 1.29 is 14.6 Å². The van der Waals surface area contributed by atoms with E-state index in [1.807, 2.05) is 20.8 Å². The van der Waals surface area contributed by atoms with Gasteiger partial charge in [-0.15, -0.1) is 0 Å². The minimum absolute atomic E-state index is 0.258. The maximum Gasteiger partial charge on any atom is 0.410 e. The van der Waals surface area contributed by atoms with Crippen molar-refractivity contribution in [2.45, 2.75) is 63.7 Å². The molecule has 2 fully saturated rings. The van der Waals surface area contributed by atoms with Gasteiger partial charge in [0.1, 0.15) is 5.60 Å². The number of ether oxygens (including phenoxy) is 1. The number of nitrogens with zero attached hydrogens (tertiary/aromatic N) is 1. The third-order valence-electron chi connectivity index (χ3n) is 3.61. The highest BCUT2D eigenvalue weighted by Crippen LogP contribution is 2.31. The SMILES string of the molecule is CC(C)(C)OC(=O)N(CC1(O)CCNCC1)C1CC1. The summed E-state index contributed by atoms with van der Waals surface area (Å²) in [6.07, 6.45) is 3.14. The summed E-state index contributed by atoms with van der Waals surface area (Å²) in [5.74, 6) is 0. The van der Waals surface area contributed by atoms with Crippen molar-refractivity contribution in [3.8, 4) is 0 Å². The Bertz CT molecular complexity index is 328. The van der Waals surface area contributed by atoms with Gasteiger partial charge >= 0.3 is 6.09 Å². The Morgan fingerprint density at radius 3 is 2.42 bits per heavy atom. The molecule has 0 atom stereocenters. The van der Waals surface area contributed by atoms with Gasteiger partial charge in [-0.25, -0.2) is 4.79 Å². The van der Waals surface area contributed by atoms with E-state index in [0.717, 1.165) is 25.9 Å². The summed E-state index contributed by atoms with van der Waals surface area (Å²) in [7, 11) is 0. The number of rotatable bonds is 3. The average Bonchev–Trinajstić information content (AvgIpc) is 3.08. The lowest BCUT2D eigenvalue weighted by atomic mass is 9.92. The first-order valence-electron chi connectivity index (χ1n) is 7.22. The molecule has 0 bridgehead atoms. The van der Waals surface area contributed by atoms with E-state index in [2.05, 4.69) is 5.32 Å². The standard InChI is InChI=1S/C14H26N2O3/c1-13(2,3)19-12(17)16(11-4-5-11)10-14(18)6-8-15-9-7-14/h11,15,18H,4-10H2,1-3H3. The minimum Gasteiger partial charge on any atom is -0.444 e. The first-order valence-corrected chi connectivity index (χ1v) is 7.22. The quantitative estimate of drug-likeness (QED) is 0.816. The number of piperidine rings is 1. The highest BCUT2D eigenvalue weighted by atomic mass is 16.6. The van der Waals surface area contributed by atoms with Crippen molar-refractivity contribution in [2.24, 2.45) is 0 Å². The molecule has 0 radical (unpaired) electrons. The fraction of sp³-hybridized carbons (Fsp3) is 0.929. The Hall–Kier alpha value is -0.810. The molecule has 110 valence electrons. The Morgan fingerprint density at radius 2 is 1.95 bits per heavy atom. The van der Waals surface area contributed by atoms with Gasteiger partial charge in [0.2, 0.25) is 0 Å². The van der Waals surface area contributed by atoms with Crippen LogP contribution in [-0.4, -0.2) is 53.0 Å². The molecule has 0 aromatic heterocycles. The molecule has 1 amide bonds. The molecule has 1 aliphatic carbocycles. The molecule has 1 aliphatic heterocycles. The zero-order valence-corrected chi connectivity index (χ0v) is 12.2. The van der Waals surface area contributed by atoms with Gasteiger partial charge in [-0.05, 0) is 59.5 Å². The fourth-order valence-corrected chi connectivity index (χ4v) is 2.42. The number of amides is 1. The highest BCUT2D eigenvalue weighted by molar-refractivity contribution is 5.69. The highest BCUT2D eigenvalue weighted by Gasteiger charge is 2.41. The monoisotopic (exact) mass is 270 g/mol. The normalized spacial score (nSPS) is 22.9. The number of aliphatic hydroxyl groups is 1. The summed E-state index contributed by atoms with van der Waals surface area (Å²) in [5, 5.41) is 13.8. The van der Waals surface area contributed by atoms with E-state index in [9.17, 15) is 9.90 Å². The van der Waals surface area contributed by atoms with E-state index in [-0.39, 0.29) is 12.1 Å². The predicted molar refractivity (Wildman–Crippen MR) is 73.0 cm³/mol. The maximum atomic E-state index is 12.2. The maximum absolute atomic E-state index is 12.2. The van der Waals surface area contributed by atoms with Crippen LogP contribution in [0, 0.1) is 0 Å². The second kappa shape index (κ2) is 5.29. The fourth-order valence-electron chi connectivity index (χ4n) is 2.42. The van der Waals surface area contributed by atoms with Crippen LogP contribution in [0.1, 0.15) is 46.5 Å². The van der Waals surface area contributed by atoms with E-state index in [4.69, 9.17) is 4.74 Å². The van der Waals surface area contributed by atoms with Crippen LogP contribution in [0.4, 0.5) is 4.79 Å². The van der Waals surface area contributed by atoms with Gasteiger partial charge in [-0.3, -0.25) is 0 Å². The van der Waals surface area contributed by atoms with Crippen LogP contribution in [0.3, 0.4) is 0 Å². The van der Waals surface area contributed by atoms with Gasteiger partial charge in [0.15, 0.2) is 0 Å². The Morgan fingerprint density at radius 1 is 1.37 bits per heavy atom. The number of hydrogen-bond donors (Lipinski definition) is 2. The first kappa shape index (κ1) is 14.6. The molecule has 2 aliphatic rings. The lowest BCUT2D eigenvalue weighted by Gasteiger charge is -2.37. The molecule has 1 saturated carbocycles. The number of carbonyl (C=O) groups excluding carboxylic acids is 1. The average molecular weight is 270 g/mol. The van der Waals surface area contributed by atoms with Crippen LogP contribution >= 0.6 is 0 Å². The molecular formula is C14H26N2O3. The molecule has 2 rings (SSSR count). The van der Waals surface area contributed by atoms with E-state index < -0.39 is 11.2 Å². The molecule has 0 unspecified atom stereocenters. The van der Waals surface area contributed by atoms with E-state index in [0.29, 0.717) is 19.4 Å². The van der Waals surface area contributed by atoms with E-state index >= 15 is 0 Å². The van der Waals surface area contributed by atoms with Crippen LogP contribution in [-0.2, 0) is 4.74 Å². The summed E-state index contributed by atoms with van der Waals surface area (Å²) in [6, 6.07) is 0.258. The Labute approximate surface area is 115 Å². The summed E-state index contributed by atoms with van der Waals surface area (Å²) >= 11 is 0. The molecule has 1 saturated heterocycles. The summed E-state index contributed by atoms with van der Waals surface area (Å²) in [6.45, 7) is 7.63. The molecule has 2 N–H and O–H groups in total. The third kappa shape index (κ3) is 4.35. The second-order valence-electron chi connectivity index (χ2n) is 6.81. The van der Waals surface area contributed by atoms with Gasteiger partial charge in [-0.2, -0.15) is 0 Å². The Balaban J connectivity index is 1.98. The smallest absolute Gasteiger partial charge is 0.410 e. The van der Waals surface area contributed by atoms with Crippen LogP contribution in [0.5, 0.6) is 0 Å². The summed E-state index contributed by atoms with van der Waals surface area (Å²) < 4.78 is 5.45. The van der Waals surface area contributed by atoms with Crippen molar-refractivity contribution >= 4 is 6.09 Å². The van der Waals surface area contributed by atoms with Crippen LogP contribution in [0.15, 0.2) is 0 Å². The Kier molecular flexibility index (Phi) is 4.06. The van der Waals surface area contributed by atoms with Gasteiger partial charge in [0, 0.05) is 6.04 Å². The van der Waals surface area contributed by atoms with Crippen molar-refractivity contribution in [3.05, 3.63) is 0 Å². The number of carbonyl (C=O) groups is 1. The summed E-state index contributed by atoms with van der Waals surface area (Å²) in [4.78, 5) is 14.0. The van der Waals surface area contributed by atoms with Crippen molar-refractivity contribution in [2.75, 3.05) is 19.6 Å². The van der Waals surface area contributed by atoms with Crippen LogP contribution in [0.2, 0.25) is 0 Å². The van der Waals surface area contributed by atoms with Gasteiger partial charge < -0.3 is 20.1 Å². The van der Waals surface area contributed by atoms with Crippen LogP contribution in [0.25, 0.3) is 0 Å². The minimum atomic E-state index is -0.759. The van der Waals surface area contributed by atoms with Gasteiger partial charge in [0.05, 0.1) is 12.1 Å². The molecular weight excluding hydrogens is 244 g/mol. The van der Waals surface area contributed by atoms with Gasteiger partial charge in [-0.1, -0.05) is 0 Å². The lowest BCUT2D eigenvalue weighted by Crippen LogP contribution is -2.52. The van der Waals surface area contributed by atoms with Crippen molar-refractivity contribution in [3.63, 3.8) is 0 Å². The topological polar surface area (TPSA) is 61.8 Å². The largest absolute Gasteiger partial charge is 0.444 e. The molecule has 1 heterocycles. The van der Waals surface area contributed by atoms with Crippen molar-refractivity contribution in [1.29, 1.82) is 0 Å². The molecule has 19 heavy (non-hydrogen) atoms. The molecule has 0 aromatic carbocycles. The number of hydrogen-bond acceptors (Lipinski definition) is 4. The number of nitrogens with one attached hydrogen (secondary N) is 1. The molecule has 5 heteroatoms. The lowest BCUT2D eigenvalue weighted by molar-refractivity contribution is -0.0351. The van der Waals surface area contributed by atoms with Crippen LogP contribution < -0.4 is 5.32 Å². The molecule has 0 spiro atoms. The second-order valence-corrected chi connectivity index (χ2v) is 6.81. The van der Waals surface area contributed by atoms with Gasteiger partial charge in [0.25, 0.3) is 0 Å². The van der Waals surface area contributed by atoms with Crippen molar-refractivity contribution in [1.82, 2.24) is 10.2 Å². The molecule has 0 aromatic rings. The predicted octanol–water partition coefficient (Wildman–Crippen LogP) is 1.50. The summed E-state index contributed by atoms with van der Waals surface area (Å²) in [5.41, 5.74) is -1.24. The molecule has 5 nitrogen and oxygen atoms in total. The van der Waals surface area contributed by atoms with E-state index in [1.54, 1.807) is 4.90 Å². The zero-order valence-electron chi connectivity index (χ0n) is 12.2. The zero-order chi connectivity index (χ0) is 14.1. The first-order chi connectivity index (χ1) is 8.79. The third-order valence-corrected chi connectivity index (χ3v) is 3.61. The van der Waals surface area contributed by atoms with E-state index in [1.165, 1.54) is 0 Å².